The summed E-state index contributed by atoms with van der Waals surface area (Å²) < 4.78 is 9.94. The molecular formula is C26H25ClN2O5. The molecule has 0 aliphatic rings. The Morgan fingerprint density at radius 1 is 0.971 bits per heavy atom. The van der Waals surface area contributed by atoms with Gasteiger partial charge in [-0.1, -0.05) is 41.9 Å². The third-order valence-corrected chi connectivity index (χ3v) is 5.30. The lowest BCUT2D eigenvalue weighted by atomic mass is 10.0. The van der Waals surface area contributed by atoms with Crippen molar-refractivity contribution in [3.8, 4) is 5.75 Å². The lowest BCUT2D eigenvalue weighted by molar-refractivity contribution is -0.142. The molecule has 3 aromatic rings. The van der Waals surface area contributed by atoms with E-state index >= 15 is 0 Å². The van der Waals surface area contributed by atoms with Crippen molar-refractivity contribution in [3.05, 3.63) is 94.5 Å². The lowest BCUT2D eigenvalue weighted by Gasteiger charge is -2.20. The van der Waals surface area contributed by atoms with Crippen molar-refractivity contribution in [2.24, 2.45) is 0 Å². The molecule has 1 atom stereocenters. The first-order chi connectivity index (χ1) is 16.4. The Morgan fingerprint density at radius 2 is 1.68 bits per heavy atom. The lowest BCUT2D eigenvalue weighted by Crippen LogP contribution is -2.45. The molecule has 34 heavy (non-hydrogen) atoms. The highest BCUT2D eigenvalue weighted by molar-refractivity contribution is 6.30. The highest BCUT2D eigenvalue weighted by atomic mass is 35.5. The van der Waals surface area contributed by atoms with Crippen LogP contribution in [0.5, 0.6) is 5.75 Å². The van der Waals surface area contributed by atoms with Crippen molar-refractivity contribution < 1.29 is 23.9 Å². The van der Waals surface area contributed by atoms with Gasteiger partial charge in [0.15, 0.2) is 6.61 Å². The normalized spacial score (nSPS) is 11.3. The van der Waals surface area contributed by atoms with E-state index in [1.165, 1.54) is 7.11 Å². The second kappa shape index (κ2) is 11.9. The Balaban J connectivity index is 1.74. The van der Waals surface area contributed by atoms with Crippen LogP contribution in [0.1, 0.15) is 21.5 Å². The Hall–Kier alpha value is -3.84. The Bertz CT molecular complexity index is 1150. The maximum Gasteiger partial charge on any atom is 0.343 e. The maximum atomic E-state index is 13.2. The van der Waals surface area contributed by atoms with Crippen molar-refractivity contribution >= 4 is 35.1 Å². The fourth-order valence-electron chi connectivity index (χ4n) is 3.19. The Morgan fingerprint density at radius 3 is 2.32 bits per heavy atom. The quantitative estimate of drug-likeness (QED) is 0.448. The summed E-state index contributed by atoms with van der Waals surface area (Å²) in [6, 6.07) is 20.1. The predicted octanol–water partition coefficient (Wildman–Crippen LogP) is 4.18. The standard InChI is InChI=1S/C26H25ClN2O5/c1-17-14-21(34-16-24(30)33-2)12-13-22(17)28-26(32)23(15-18-6-4-3-5-7-18)29-25(31)19-8-10-20(27)11-9-19/h3-14,23H,15-16H2,1-2H3,(H,28,32)(H,29,31). The number of anilines is 1. The predicted molar refractivity (Wildman–Crippen MR) is 130 cm³/mol. The zero-order valence-corrected chi connectivity index (χ0v) is 19.6. The van der Waals surface area contributed by atoms with E-state index in [1.807, 2.05) is 30.3 Å². The van der Waals surface area contributed by atoms with Gasteiger partial charge in [0.2, 0.25) is 5.91 Å². The van der Waals surface area contributed by atoms with Crippen LogP contribution < -0.4 is 15.4 Å². The molecule has 0 fully saturated rings. The summed E-state index contributed by atoms with van der Waals surface area (Å²) in [5.74, 6) is -0.762. The number of ether oxygens (including phenoxy) is 2. The molecule has 0 radical (unpaired) electrons. The molecule has 0 bridgehead atoms. The molecule has 0 heterocycles. The number of carbonyl (C=O) groups excluding carboxylic acids is 3. The first kappa shape index (κ1) is 24.8. The minimum atomic E-state index is -0.819. The Kier molecular flexibility index (Phi) is 8.65. The molecule has 0 saturated heterocycles. The number of methoxy groups -OCH3 is 1. The van der Waals surface area contributed by atoms with Gasteiger partial charge < -0.3 is 20.1 Å². The second-order valence-corrected chi connectivity index (χ2v) is 7.99. The van der Waals surface area contributed by atoms with Gasteiger partial charge in [-0.05, 0) is 60.5 Å². The number of carbonyl (C=O) groups is 3. The van der Waals surface area contributed by atoms with E-state index in [9.17, 15) is 14.4 Å². The second-order valence-electron chi connectivity index (χ2n) is 7.55. The van der Waals surface area contributed by atoms with Gasteiger partial charge in [-0.2, -0.15) is 0 Å². The summed E-state index contributed by atoms with van der Waals surface area (Å²) in [5.41, 5.74) is 2.60. The van der Waals surface area contributed by atoms with Crippen LogP contribution in [0.25, 0.3) is 0 Å². The summed E-state index contributed by atoms with van der Waals surface area (Å²) in [7, 11) is 1.28. The van der Waals surface area contributed by atoms with Gasteiger partial charge in [-0.3, -0.25) is 9.59 Å². The smallest absolute Gasteiger partial charge is 0.343 e. The molecule has 7 nitrogen and oxygen atoms in total. The van der Waals surface area contributed by atoms with Crippen LogP contribution in [0.3, 0.4) is 0 Å². The molecule has 0 saturated carbocycles. The zero-order chi connectivity index (χ0) is 24.5. The third kappa shape index (κ3) is 7.08. The van der Waals surface area contributed by atoms with Crippen LogP contribution in [-0.4, -0.2) is 37.5 Å². The number of esters is 1. The first-order valence-corrected chi connectivity index (χ1v) is 10.9. The van der Waals surface area contributed by atoms with E-state index in [0.717, 1.165) is 11.1 Å². The molecule has 3 aromatic carbocycles. The van der Waals surface area contributed by atoms with Gasteiger partial charge in [0, 0.05) is 22.7 Å². The van der Waals surface area contributed by atoms with Crippen LogP contribution in [0, 0.1) is 6.92 Å². The fourth-order valence-corrected chi connectivity index (χ4v) is 3.32. The monoisotopic (exact) mass is 480 g/mol. The van der Waals surface area contributed by atoms with Crippen molar-refractivity contribution in [2.75, 3.05) is 19.0 Å². The highest BCUT2D eigenvalue weighted by Gasteiger charge is 2.23. The number of rotatable bonds is 9. The largest absolute Gasteiger partial charge is 0.482 e. The maximum absolute atomic E-state index is 13.2. The van der Waals surface area contributed by atoms with Crippen molar-refractivity contribution in [1.29, 1.82) is 0 Å². The van der Waals surface area contributed by atoms with Gasteiger partial charge in [0.1, 0.15) is 11.8 Å². The van der Waals surface area contributed by atoms with Crippen molar-refractivity contribution in [3.63, 3.8) is 0 Å². The van der Waals surface area contributed by atoms with E-state index in [4.69, 9.17) is 16.3 Å². The summed E-state index contributed by atoms with van der Waals surface area (Å²) in [5, 5.41) is 6.22. The van der Waals surface area contributed by atoms with Crippen molar-refractivity contribution in [1.82, 2.24) is 5.32 Å². The molecule has 2 amide bonds. The summed E-state index contributed by atoms with van der Waals surface area (Å²) in [4.78, 5) is 37.2. The average Bonchev–Trinajstić information content (AvgIpc) is 2.84. The molecule has 0 aromatic heterocycles. The third-order valence-electron chi connectivity index (χ3n) is 5.05. The first-order valence-electron chi connectivity index (χ1n) is 10.6. The number of hydrogen-bond donors (Lipinski definition) is 2. The number of amides is 2. The molecule has 176 valence electrons. The minimum Gasteiger partial charge on any atom is -0.482 e. The number of nitrogens with one attached hydrogen (secondary N) is 2. The van der Waals surface area contributed by atoms with Crippen LogP contribution in [0.15, 0.2) is 72.8 Å². The number of halogens is 1. The van der Waals surface area contributed by atoms with Gasteiger partial charge in [0.05, 0.1) is 7.11 Å². The summed E-state index contributed by atoms with van der Waals surface area (Å²) in [6.07, 6.45) is 0.311. The summed E-state index contributed by atoms with van der Waals surface area (Å²) >= 11 is 5.91. The molecule has 8 heteroatoms. The van der Waals surface area contributed by atoms with Crippen LogP contribution in [-0.2, 0) is 20.7 Å². The average molecular weight is 481 g/mol. The van der Waals surface area contributed by atoms with E-state index in [0.29, 0.717) is 28.4 Å². The minimum absolute atomic E-state index is 0.211. The molecular weight excluding hydrogens is 456 g/mol. The molecule has 0 aliphatic carbocycles. The van der Waals surface area contributed by atoms with Crippen LogP contribution >= 0.6 is 11.6 Å². The van der Waals surface area contributed by atoms with Crippen molar-refractivity contribution in [2.45, 2.75) is 19.4 Å². The molecule has 1 unspecified atom stereocenters. The number of aryl methyl sites for hydroxylation is 1. The molecule has 2 N–H and O–H groups in total. The Labute approximate surface area is 203 Å². The fraction of sp³-hybridized carbons (Fsp3) is 0.192. The van der Waals surface area contributed by atoms with Gasteiger partial charge in [-0.25, -0.2) is 4.79 Å². The van der Waals surface area contributed by atoms with E-state index < -0.39 is 12.0 Å². The van der Waals surface area contributed by atoms with E-state index in [1.54, 1.807) is 49.4 Å². The van der Waals surface area contributed by atoms with Crippen LogP contribution in [0.4, 0.5) is 5.69 Å². The van der Waals surface area contributed by atoms with Gasteiger partial charge in [0.25, 0.3) is 5.91 Å². The number of hydrogen-bond acceptors (Lipinski definition) is 5. The molecule has 0 aliphatic heterocycles. The van der Waals surface area contributed by atoms with E-state index in [-0.39, 0.29) is 18.4 Å². The molecule has 3 rings (SSSR count). The summed E-state index contributed by atoms with van der Waals surface area (Å²) in [6.45, 7) is 1.59. The van der Waals surface area contributed by atoms with Gasteiger partial charge >= 0.3 is 5.97 Å². The molecule has 0 spiro atoms. The SMILES string of the molecule is COC(=O)COc1ccc(NC(=O)C(Cc2ccccc2)NC(=O)c2ccc(Cl)cc2)c(C)c1. The van der Waals surface area contributed by atoms with Gasteiger partial charge in [-0.15, -0.1) is 0 Å². The topological polar surface area (TPSA) is 93.7 Å². The van der Waals surface area contributed by atoms with Crippen LogP contribution in [0.2, 0.25) is 5.02 Å². The number of benzene rings is 3. The zero-order valence-electron chi connectivity index (χ0n) is 18.8. The highest BCUT2D eigenvalue weighted by Crippen LogP contribution is 2.22. The van der Waals surface area contributed by atoms with E-state index in [2.05, 4.69) is 15.4 Å².